The molecule has 1 saturated heterocycles. The highest BCUT2D eigenvalue weighted by Crippen LogP contribution is 2.30. The van der Waals surface area contributed by atoms with Crippen molar-refractivity contribution in [1.29, 1.82) is 0 Å². The van der Waals surface area contributed by atoms with Crippen molar-refractivity contribution in [3.63, 3.8) is 0 Å². The third-order valence-corrected chi connectivity index (χ3v) is 4.99. The number of benzene rings is 2. The van der Waals surface area contributed by atoms with E-state index in [-0.39, 0.29) is 17.8 Å². The number of anilines is 1. The van der Waals surface area contributed by atoms with Crippen LogP contribution in [0.4, 0.5) is 10.5 Å². The van der Waals surface area contributed by atoms with Crippen LogP contribution in [0.2, 0.25) is 0 Å². The van der Waals surface area contributed by atoms with Gasteiger partial charge in [0.05, 0.1) is 9.38 Å². The zero-order chi connectivity index (χ0) is 19.4. The lowest BCUT2D eigenvalue weighted by Crippen LogP contribution is -2.20. The van der Waals surface area contributed by atoms with Crippen LogP contribution in [-0.2, 0) is 9.59 Å². The van der Waals surface area contributed by atoms with Crippen molar-refractivity contribution in [2.75, 3.05) is 11.9 Å². The first-order valence-electron chi connectivity index (χ1n) is 7.94. The van der Waals surface area contributed by atoms with Gasteiger partial charge in [0.25, 0.3) is 17.1 Å². The number of thioether (sulfide) groups is 1. The molecular formula is C19H15BrN2O4S. The predicted molar refractivity (Wildman–Crippen MR) is 109 cm³/mol. The molecular weight excluding hydrogens is 432 g/mol. The number of carbonyl (C=O) groups excluding carboxylic acids is 3. The molecule has 0 saturated carbocycles. The molecule has 0 aromatic heterocycles. The largest absolute Gasteiger partial charge is 0.483 e. The van der Waals surface area contributed by atoms with Crippen LogP contribution in [0.5, 0.6) is 5.75 Å². The SMILES string of the molecule is Cc1cccc(NC(=O)COc2ccc(/C=C3\SC(=O)NC3=O)cc2Br)c1. The van der Waals surface area contributed by atoms with Gasteiger partial charge in [-0.1, -0.05) is 18.2 Å². The molecule has 27 heavy (non-hydrogen) atoms. The lowest BCUT2D eigenvalue weighted by Gasteiger charge is -2.10. The summed E-state index contributed by atoms with van der Waals surface area (Å²) in [7, 11) is 0. The van der Waals surface area contributed by atoms with Gasteiger partial charge in [0.1, 0.15) is 5.75 Å². The fourth-order valence-electron chi connectivity index (χ4n) is 2.36. The van der Waals surface area contributed by atoms with E-state index in [0.29, 0.717) is 20.8 Å². The Hall–Kier alpha value is -2.58. The van der Waals surface area contributed by atoms with Gasteiger partial charge in [-0.05, 0) is 76.1 Å². The molecule has 2 N–H and O–H groups in total. The third kappa shape index (κ3) is 5.21. The van der Waals surface area contributed by atoms with E-state index in [4.69, 9.17) is 4.74 Å². The quantitative estimate of drug-likeness (QED) is 0.675. The number of aryl methyl sites for hydroxylation is 1. The lowest BCUT2D eigenvalue weighted by atomic mass is 10.2. The lowest BCUT2D eigenvalue weighted by molar-refractivity contribution is -0.118. The summed E-state index contributed by atoms with van der Waals surface area (Å²) >= 11 is 4.25. The second-order valence-electron chi connectivity index (χ2n) is 5.75. The Bertz CT molecular complexity index is 958. The maximum absolute atomic E-state index is 12.0. The minimum Gasteiger partial charge on any atom is -0.483 e. The van der Waals surface area contributed by atoms with Crippen LogP contribution in [0, 0.1) is 6.92 Å². The van der Waals surface area contributed by atoms with Gasteiger partial charge in [-0.3, -0.25) is 19.7 Å². The van der Waals surface area contributed by atoms with E-state index >= 15 is 0 Å². The van der Waals surface area contributed by atoms with Crippen LogP contribution in [0.3, 0.4) is 0 Å². The summed E-state index contributed by atoms with van der Waals surface area (Å²) in [5, 5.41) is 4.59. The molecule has 1 aliphatic heterocycles. The molecule has 3 amide bonds. The zero-order valence-electron chi connectivity index (χ0n) is 14.2. The molecule has 2 aromatic carbocycles. The van der Waals surface area contributed by atoms with Gasteiger partial charge in [-0.25, -0.2) is 0 Å². The molecule has 8 heteroatoms. The van der Waals surface area contributed by atoms with Crippen LogP contribution >= 0.6 is 27.7 Å². The van der Waals surface area contributed by atoms with Crippen molar-refractivity contribution in [2.45, 2.75) is 6.92 Å². The van der Waals surface area contributed by atoms with Gasteiger partial charge >= 0.3 is 0 Å². The summed E-state index contributed by atoms with van der Waals surface area (Å²) in [5.41, 5.74) is 2.49. The average Bonchev–Trinajstić information content (AvgIpc) is 2.91. The average molecular weight is 447 g/mol. The summed E-state index contributed by atoms with van der Waals surface area (Å²) in [6, 6.07) is 12.7. The standard InChI is InChI=1S/C19H15BrN2O4S/c1-11-3-2-4-13(7-11)21-17(23)10-26-15-6-5-12(8-14(15)20)9-16-18(24)22-19(25)27-16/h2-9H,10H2,1H3,(H,21,23)(H,22,24,25)/b16-9-. The summed E-state index contributed by atoms with van der Waals surface area (Å²) in [6.07, 6.45) is 1.61. The Morgan fingerprint density at radius 1 is 1.26 bits per heavy atom. The minimum absolute atomic E-state index is 0.139. The number of amides is 3. The molecule has 0 bridgehead atoms. The fraction of sp³-hybridized carbons (Fsp3) is 0.105. The first kappa shape index (κ1) is 19.2. The number of imide groups is 1. The number of hydrogen-bond acceptors (Lipinski definition) is 5. The molecule has 0 atom stereocenters. The number of nitrogens with one attached hydrogen (secondary N) is 2. The molecule has 1 fully saturated rings. The second kappa shape index (κ2) is 8.41. The highest BCUT2D eigenvalue weighted by atomic mass is 79.9. The van der Waals surface area contributed by atoms with E-state index in [0.717, 1.165) is 22.9 Å². The number of halogens is 1. The van der Waals surface area contributed by atoms with Gasteiger partial charge in [0, 0.05) is 5.69 Å². The predicted octanol–water partition coefficient (Wildman–Crippen LogP) is 4.10. The van der Waals surface area contributed by atoms with E-state index in [1.165, 1.54) is 0 Å². The number of ether oxygens (including phenoxy) is 1. The van der Waals surface area contributed by atoms with E-state index in [2.05, 4.69) is 26.6 Å². The molecule has 0 radical (unpaired) electrons. The fourth-order valence-corrected chi connectivity index (χ4v) is 3.55. The molecule has 1 heterocycles. The number of hydrogen-bond donors (Lipinski definition) is 2. The summed E-state index contributed by atoms with van der Waals surface area (Å²) in [6.45, 7) is 1.81. The maximum atomic E-state index is 12.0. The van der Waals surface area contributed by atoms with Crippen molar-refractivity contribution in [3.05, 3.63) is 63.0 Å². The van der Waals surface area contributed by atoms with Crippen LogP contribution < -0.4 is 15.4 Å². The summed E-state index contributed by atoms with van der Waals surface area (Å²) in [4.78, 5) is 35.1. The number of carbonyl (C=O) groups is 3. The second-order valence-corrected chi connectivity index (χ2v) is 7.62. The Morgan fingerprint density at radius 3 is 2.74 bits per heavy atom. The van der Waals surface area contributed by atoms with Crippen molar-refractivity contribution in [2.24, 2.45) is 0 Å². The van der Waals surface area contributed by atoms with Gasteiger partial charge in [-0.2, -0.15) is 0 Å². The number of rotatable bonds is 5. The monoisotopic (exact) mass is 446 g/mol. The first-order valence-corrected chi connectivity index (χ1v) is 9.55. The molecule has 138 valence electrons. The van der Waals surface area contributed by atoms with Gasteiger partial charge in [-0.15, -0.1) is 0 Å². The van der Waals surface area contributed by atoms with Crippen LogP contribution in [0.1, 0.15) is 11.1 Å². The Morgan fingerprint density at radius 2 is 2.07 bits per heavy atom. The molecule has 3 rings (SSSR count). The molecule has 0 spiro atoms. The van der Waals surface area contributed by atoms with Crippen LogP contribution in [0.25, 0.3) is 6.08 Å². The highest BCUT2D eigenvalue weighted by molar-refractivity contribution is 9.10. The normalized spacial score (nSPS) is 15.0. The topological polar surface area (TPSA) is 84.5 Å². The van der Waals surface area contributed by atoms with E-state index in [1.807, 2.05) is 31.2 Å². The van der Waals surface area contributed by atoms with Crippen molar-refractivity contribution in [1.82, 2.24) is 5.32 Å². The van der Waals surface area contributed by atoms with Crippen molar-refractivity contribution < 1.29 is 19.1 Å². The Balaban J connectivity index is 1.61. The van der Waals surface area contributed by atoms with Gasteiger partial charge in [0.15, 0.2) is 6.61 Å². The minimum atomic E-state index is -0.408. The zero-order valence-corrected chi connectivity index (χ0v) is 16.6. The van der Waals surface area contributed by atoms with Crippen molar-refractivity contribution in [3.8, 4) is 5.75 Å². The molecule has 0 unspecified atom stereocenters. The molecule has 0 aliphatic carbocycles. The van der Waals surface area contributed by atoms with Crippen molar-refractivity contribution >= 4 is 56.5 Å². The maximum Gasteiger partial charge on any atom is 0.290 e. The third-order valence-electron chi connectivity index (χ3n) is 3.56. The summed E-state index contributed by atoms with van der Waals surface area (Å²) in [5.74, 6) is -0.179. The van der Waals surface area contributed by atoms with E-state index < -0.39 is 5.91 Å². The van der Waals surface area contributed by atoms with Crippen LogP contribution in [0.15, 0.2) is 51.8 Å². The first-order chi connectivity index (χ1) is 12.9. The Labute approximate surface area is 168 Å². The Kier molecular flexibility index (Phi) is 5.98. The molecule has 2 aromatic rings. The highest BCUT2D eigenvalue weighted by Gasteiger charge is 2.24. The van der Waals surface area contributed by atoms with Crippen LogP contribution in [-0.4, -0.2) is 23.7 Å². The van der Waals surface area contributed by atoms with Gasteiger partial charge in [0.2, 0.25) is 0 Å². The molecule has 1 aliphatic rings. The smallest absolute Gasteiger partial charge is 0.290 e. The molecule has 6 nitrogen and oxygen atoms in total. The van der Waals surface area contributed by atoms with Gasteiger partial charge < -0.3 is 10.1 Å². The van der Waals surface area contributed by atoms with E-state index in [9.17, 15) is 14.4 Å². The summed E-state index contributed by atoms with van der Waals surface area (Å²) < 4.78 is 6.18. The van der Waals surface area contributed by atoms with E-state index in [1.54, 1.807) is 24.3 Å².